The second-order valence-electron chi connectivity index (χ2n) is 8.43. The van der Waals surface area contributed by atoms with Gasteiger partial charge >= 0.3 is 0 Å². The van der Waals surface area contributed by atoms with Crippen LogP contribution in [-0.4, -0.2) is 37.5 Å². The Morgan fingerprint density at radius 3 is 2.23 bits per heavy atom. The summed E-state index contributed by atoms with van der Waals surface area (Å²) in [6.07, 6.45) is 11.8. The molecule has 2 saturated carbocycles. The molecular weight excluding hydrogens is 350 g/mol. The van der Waals surface area contributed by atoms with Crippen molar-refractivity contribution in [1.82, 2.24) is 16.0 Å². The van der Waals surface area contributed by atoms with Crippen LogP contribution in [0.4, 0.5) is 0 Å². The van der Waals surface area contributed by atoms with Gasteiger partial charge in [-0.05, 0) is 76.3 Å². The molecule has 26 heavy (non-hydrogen) atoms. The first-order valence-electron chi connectivity index (χ1n) is 10.5. The molecule has 3 rings (SSSR count). The van der Waals surface area contributed by atoms with Crippen molar-refractivity contribution < 1.29 is 9.59 Å². The Morgan fingerprint density at radius 2 is 1.58 bits per heavy atom. The van der Waals surface area contributed by atoms with Crippen molar-refractivity contribution in [3.8, 4) is 0 Å². The van der Waals surface area contributed by atoms with Gasteiger partial charge in [-0.1, -0.05) is 12.8 Å². The number of hydrogen-bond acceptors (Lipinski definition) is 3. The van der Waals surface area contributed by atoms with E-state index >= 15 is 0 Å². The summed E-state index contributed by atoms with van der Waals surface area (Å²) >= 11 is 0. The molecule has 2 aliphatic carbocycles. The highest BCUT2D eigenvalue weighted by atomic mass is 35.5. The van der Waals surface area contributed by atoms with Crippen LogP contribution in [0.3, 0.4) is 0 Å². The topological polar surface area (TPSA) is 70.2 Å². The smallest absolute Gasteiger partial charge is 0.223 e. The number of carbonyl (C=O) groups excluding carboxylic acids is 2. The molecular formula is C20H36ClN3O2. The minimum atomic E-state index is 0. The molecule has 0 bridgehead atoms. The summed E-state index contributed by atoms with van der Waals surface area (Å²) < 4.78 is 0. The second kappa shape index (κ2) is 11.1. The van der Waals surface area contributed by atoms with E-state index < -0.39 is 0 Å². The Balaban J connectivity index is 0.00000243. The van der Waals surface area contributed by atoms with Gasteiger partial charge in [0, 0.05) is 24.9 Å². The first kappa shape index (κ1) is 21.5. The molecule has 1 heterocycles. The quantitative estimate of drug-likeness (QED) is 0.658. The van der Waals surface area contributed by atoms with Crippen LogP contribution in [0.2, 0.25) is 0 Å². The van der Waals surface area contributed by atoms with Gasteiger partial charge in [-0.2, -0.15) is 0 Å². The largest absolute Gasteiger partial charge is 0.356 e. The highest BCUT2D eigenvalue weighted by Gasteiger charge is 2.28. The molecule has 2 amide bonds. The Labute approximate surface area is 164 Å². The van der Waals surface area contributed by atoms with Crippen molar-refractivity contribution in [3.05, 3.63) is 0 Å². The molecule has 1 saturated heterocycles. The maximum atomic E-state index is 12.4. The number of halogens is 1. The van der Waals surface area contributed by atoms with Gasteiger partial charge in [0.25, 0.3) is 0 Å². The third kappa shape index (κ3) is 6.73. The third-order valence-corrected chi connectivity index (χ3v) is 6.38. The first-order chi connectivity index (χ1) is 12.2. The molecule has 1 atom stereocenters. The van der Waals surface area contributed by atoms with Crippen molar-refractivity contribution in [2.45, 2.75) is 76.7 Å². The van der Waals surface area contributed by atoms with Crippen LogP contribution >= 0.6 is 12.4 Å². The fraction of sp³-hybridized carbons (Fsp3) is 0.900. The predicted molar refractivity (Wildman–Crippen MR) is 106 cm³/mol. The third-order valence-electron chi connectivity index (χ3n) is 6.38. The lowest BCUT2D eigenvalue weighted by atomic mass is 9.85. The average Bonchev–Trinajstić information content (AvgIpc) is 3.14. The minimum Gasteiger partial charge on any atom is -0.356 e. The monoisotopic (exact) mass is 385 g/mol. The molecule has 3 aliphatic rings. The molecule has 0 aromatic rings. The lowest BCUT2D eigenvalue weighted by Gasteiger charge is -2.29. The number of rotatable bonds is 6. The van der Waals surface area contributed by atoms with Crippen LogP contribution in [-0.2, 0) is 9.59 Å². The SMILES string of the molecule is Cl.O=C(CC1CCCC1)NC1CCC(C(=O)NCC2CCCNC2)CC1. The zero-order valence-corrected chi connectivity index (χ0v) is 16.8. The summed E-state index contributed by atoms with van der Waals surface area (Å²) in [5.41, 5.74) is 0. The molecule has 0 spiro atoms. The fourth-order valence-corrected chi connectivity index (χ4v) is 4.75. The molecule has 3 fully saturated rings. The zero-order valence-electron chi connectivity index (χ0n) is 15.9. The molecule has 0 aromatic heterocycles. The molecule has 6 heteroatoms. The van der Waals surface area contributed by atoms with Gasteiger partial charge in [-0.3, -0.25) is 9.59 Å². The maximum absolute atomic E-state index is 12.4. The molecule has 3 N–H and O–H groups in total. The van der Waals surface area contributed by atoms with E-state index in [9.17, 15) is 9.59 Å². The summed E-state index contributed by atoms with van der Waals surface area (Å²) in [5, 5.41) is 9.77. The summed E-state index contributed by atoms with van der Waals surface area (Å²) in [6, 6.07) is 0.278. The van der Waals surface area contributed by atoms with E-state index in [4.69, 9.17) is 0 Å². The van der Waals surface area contributed by atoms with Crippen molar-refractivity contribution >= 4 is 24.2 Å². The van der Waals surface area contributed by atoms with Gasteiger partial charge in [0.2, 0.25) is 11.8 Å². The average molecular weight is 386 g/mol. The van der Waals surface area contributed by atoms with Gasteiger partial charge in [-0.25, -0.2) is 0 Å². The van der Waals surface area contributed by atoms with Gasteiger partial charge in [-0.15, -0.1) is 12.4 Å². The molecule has 1 aliphatic heterocycles. The van der Waals surface area contributed by atoms with Gasteiger partial charge in [0.05, 0.1) is 0 Å². The Bertz CT molecular complexity index is 440. The normalized spacial score (nSPS) is 29.6. The highest BCUT2D eigenvalue weighted by Crippen LogP contribution is 2.28. The number of carbonyl (C=O) groups is 2. The van der Waals surface area contributed by atoms with E-state index in [1.54, 1.807) is 0 Å². The maximum Gasteiger partial charge on any atom is 0.223 e. The van der Waals surface area contributed by atoms with Crippen molar-refractivity contribution in [1.29, 1.82) is 0 Å². The van der Waals surface area contributed by atoms with E-state index in [1.807, 2.05) is 0 Å². The molecule has 150 valence electrons. The van der Waals surface area contributed by atoms with Crippen LogP contribution in [0.25, 0.3) is 0 Å². The molecule has 5 nitrogen and oxygen atoms in total. The van der Waals surface area contributed by atoms with Crippen LogP contribution in [0.1, 0.15) is 70.6 Å². The standard InChI is InChI=1S/C20H35N3O2.ClH/c24-19(12-15-4-1-2-5-15)23-18-9-7-17(8-10-18)20(25)22-14-16-6-3-11-21-13-16;/h15-18,21H,1-14H2,(H,22,25)(H,23,24);1H. The number of nitrogens with one attached hydrogen (secondary N) is 3. The van der Waals surface area contributed by atoms with Crippen LogP contribution in [0.5, 0.6) is 0 Å². The van der Waals surface area contributed by atoms with Gasteiger partial charge < -0.3 is 16.0 Å². The van der Waals surface area contributed by atoms with E-state index in [0.29, 0.717) is 18.3 Å². The summed E-state index contributed by atoms with van der Waals surface area (Å²) in [6.45, 7) is 2.95. The van der Waals surface area contributed by atoms with E-state index in [1.165, 1.54) is 38.5 Å². The molecule has 0 radical (unpaired) electrons. The van der Waals surface area contributed by atoms with Gasteiger partial charge in [0.15, 0.2) is 0 Å². The van der Waals surface area contributed by atoms with Crippen molar-refractivity contribution in [2.24, 2.45) is 17.8 Å². The number of piperidine rings is 1. The lowest BCUT2D eigenvalue weighted by molar-refractivity contribution is -0.126. The van der Waals surface area contributed by atoms with E-state index in [0.717, 1.165) is 45.3 Å². The Morgan fingerprint density at radius 1 is 0.885 bits per heavy atom. The fourth-order valence-electron chi connectivity index (χ4n) is 4.75. The predicted octanol–water partition coefficient (Wildman–Crippen LogP) is 2.78. The number of amides is 2. The molecule has 0 aromatic carbocycles. The van der Waals surface area contributed by atoms with Crippen LogP contribution in [0.15, 0.2) is 0 Å². The second-order valence-corrected chi connectivity index (χ2v) is 8.43. The van der Waals surface area contributed by atoms with E-state index in [2.05, 4.69) is 16.0 Å². The lowest BCUT2D eigenvalue weighted by Crippen LogP contribution is -2.43. The number of hydrogen-bond donors (Lipinski definition) is 3. The highest BCUT2D eigenvalue weighted by molar-refractivity contribution is 5.85. The van der Waals surface area contributed by atoms with Crippen LogP contribution in [0, 0.1) is 17.8 Å². The van der Waals surface area contributed by atoms with Crippen molar-refractivity contribution in [3.63, 3.8) is 0 Å². The summed E-state index contributed by atoms with van der Waals surface area (Å²) in [5.74, 6) is 1.78. The zero-order chi connectivity index (χ0) is 17.5. The Hall–Kier alpha value is -0.810. The van der Waals surface area contributed by atoms with E-state index in [-0.39, 0.29) is 36.2 Å². The minimum absolute atomic E-state index is 0. The van der Waals surface area contributed by atoms with Gasteiger partial charge in [0.1, 0.15) is 0 Å². The first-order valence-corrected chi connectivity index (χ1v) is 10.5. The summed E-state index contributed by atoms with van der Waals surface area (Å²) in [7, 11) is 0. The molecule has 1 unspecified atom stereocenters. The Kier molecular flexibility index (Phi) is 9.20. The summed E-state index contributed by atoms with van der Waals surface area (Å²) in [4.78, 5) is 24.5. The van der Waals surface area contributed by atoms with Crippen molar-refractivity contribution in [2.75, 3.05) is 19.6 Å². The van der Waals surface area contributed by atoms with Crippen LogP contribution < -0.4 is 16.0 Å².